The van der Waals surface area contributed by atoms with Crippen LogP contribution in [-0.2, 0) is 11.2 Å². The molecule has 2 amide bonds. The van der Waals surface area contributed by atoms with Crippen LogP contribution >= 0.6 is 0 Å². The normalized spacial score (nSPS) is 14.7. The Morgan fingerprint density at radius 3 is 2.15 bits per heavy atom. The van der Waals surface area contributed by atoms with Crippen molar-refractivity contribution < 1.29 is 19.1 Å². The van der Waals surface area contributed by atoms with E-state index in [0.717, 1.165) is 5.56 Å². The maximum Gasteiger partial charge on any atom is 0.254 e. The quantitative estimate of drug-likeness (QED) is 0.744. The lowest BCUT2D eigenvalue weighted by Gasteiger charge is -2.37. The predicted octanol–water partition coefficient (Wildman–Crippen LogP) is 2.76. The van der Waals surface area contributed by atoms with Crippen molar-refractivity contribution in [2.45, 2.75) is 27.2 Å². The molecule has 0 radical (unpaired) electrons. The van der Waals surface area contributed by atoms with Crippen molar-refractivity contribution in [2.24, 2.45) is 5.41 Å². The van der Waals surface area contributed by atoms with Crippen molar-refractivity contribution in [1.82, 2.24) is 9.80 Å². The smallest absolute Gasteiger partial charge is 0.254 e. The van der Waals surface area contributed by atoms with Gasteiger partial charge in [-0.05, 0) is 18.6 Å². The standard InChI is InChI=1S/C21H30N2O4/c1-7-8-15-13-16(14-17(26-5)18(15)27-6)19(24)22-9-11-23(12-10-22)20(25)21(2,3)4/h7,13-14H,1,8-12H2,2-6H3. The second-order valence-electron chi connectivity index (χ2n) is 7.70. The number of allylic oxidation sites excluding steroid dienone is 1. The molecule has 0 aliphatic carbocycles. The second kappa shape index (κ2) is 8.46. The van der Waals surface area contributed by atoms with Gasteiger partial charge in [0.1, 0.15) is 0 Å². The van der Waals surface area contributed by atoms with Crippen LogP contribution in [0, 0.1) is 5.41 Å². The third-order valence-corrected chi connectivity index (χ3v) is 4.66. The number of hydrogen-bond donors (Lipinski definition) is 0. The molecule has 0 unspecified atom stereocenters. The molecule has 0 bridgehead atoms. The summed E-state index contributed by atoms with van der Waals surface area (Å²) in [7, 11) is 3.14. The molecule has 148 valence electrons. The van der Waals surface area contributed by atoms with E-state index in [0.29, 0.717) is 49.7 Å². The molecule has 1 aromatic carbocycles. The van der Waals surface area contributed by atoms with E-state index >= 15 is 0 Å². The van der Waals surface area contributed by atoms with E-state index in [4.69, 9.17) is 9.47 Å². The molecule has 6 nitrogen and oxygen atoms in total. The molecule has 1 saturated heterocycles. The van der Waals surface area contributed by atoms with Crippen LogP contribution < -0.4 is 9.47 Å². The Balaban J connectivity index is 2.18. The van der Waals surface area contributed by atoms with E-state index in [1.54, 1.807) is 31.3 Å². The minimum absolute atomic E-state index is 0.0656. The fraction of sp³-hybridized carbons (Fsp3) is 0.524. The summed E-state index contributed by atoms with van der Waals surface area (Å²) >= 11 is 0. The van der Waals surface area contributed by atoms with Gasteiger partial charge in [-0.1, -0.05) is 26.8 Å². The summed E-state index contributed by atoms with van der Waals surface area (Å²) in [6.45, 7) is 11.6. The summed E-state index contributed by atoms with van der Waals surface area (Å²) < 4.78 is 10.8. The topological polar surface area (TPSA) is 59.1 Å². The van der Waals surface area contributed by atoms with E-state index in [-0.39, 0.29) is 11.8 Å². The van der Waals surface area contributed by atoms with Crippen molar-refractivity contribution >= 4 is 11.8 Å². The molecule has 0 N–H and O–H groups in total. The molecule has 1 aromatic rings. The largest absolute Gasteiger partial charge is 0.493 e. The zero-order chi connectivity index (χ0) is 20.2. The number of amides is 2. The fourth-order valence-electron chi connectivity index (χ4n) is 3.24. The minimum atomic E-state index is -0.408. The number of rotatable bonds is 5. The highest BCUT2D eigenvalue weighted by atomic mass is 16.5. The average Bonchev–Trinajstić information content (AvgIpc) is 2.65. The Bertz CT molecular complexity index is 714. The Hall–Kier alpha value is -2.50. The van der Waals surface area contributed by atoms with E-state index in [1.165, 1.54) is 0 Å². The molecule has 1 fully saturated rings. The molecule has 1 aliphatic rings. The van der Waals surface area contributed by atoms with Crippen molar-refractivity contribution in [1.29, 1.82) is 0 Å². The van der Waals surface area contributed by atoms with E-state index in [2.05, 4.69) is 6.58 Å². The van der Waals surface area contributed by atoms with Crippen LogP contribution in [0.5, 0.6) is 11.5 Å². The molecule has 0 atom stereocenters. The number of hydrogen-bond acceptors (Lipinski definition) is 4. The van der Waals surface area contributed by atoms with Gasteiger partial charge in [-0.15, -0.1) is 6.58 Å². The fourth-order valence-corrected chi connectivity index (χ4v) is 3.24. The third-order valence-electron chi connectivity index (χ3n) is 4.66. The molecule has 27 heavy (non-hydrogen) atoms. The van der Waals surface area contributed by atoms with Gasteiger partial charge in [0.25, 0.3) is 5.91 Å². The summed E-state index contributed by atoms with van der Waals surface area (Å²) in [4.78, 5) is 29.0. The summed E-state index contributed by atoms with van der Waals surface area (Å²) in [5.74, 6) is 1.20. The number of nitrogens with zero attached hydrogens (tertiary/aromatic N) is 2. The Kier molecular flexibility index (Phi) is 6.52. The van der Waals surface area contributed by atoms with Gasteiger partial charge in [-0.3, -0.25) is 9.59 Å². The molecule has 0 saturated carbocycles. The third kappa shape index (κ3) is 4.62. The first-order chi connectivity index (χ1) is 12.7. The molecule has 6 heteroatoms. The van der Waals surface area contributed by atoms with Crippen LogP contribution in [-0.4, -0.2) is 62.0 Å². The molecular formula is C21H30N2O4. The van der Waals surface area contributed by atoms with Gasteiger partial charge in [0, 0.05) is 42.7 Å². The zero-order valence-electron chi connectivity index (χ0n) is 17.0. The van der Waals surface area contributed by atoms with Crippen molar-refractivity contribution in [3.8, 4) is 11.5 Å². The van der Waals surface area contributed by atoms with Crippen LogP contribution in [0.3, 0.4) is 0 Å². The Morgan fingerprint density at radius 1 is 1.07 bits per heavy atom. The van der Waals surface area contributed by atoms with Crippen molar-refractivity contribution in [3.63, 3.8) is 0 Å². The SMILES string of the molecule is C=CCc1cc(C(=O)N2CCN(C(=O)C(C)(C)C)CC2)cc(OC)c1OC. The van der Waals surface area contributed by atoms with Gasteiger partial charge in [-0.2, -0.15) is 0 Å². The van der Waals surface area contributed by atoms with Crippen LogP contribution in [0.4, 0.5) is 0 Å². The lowest BCUT2D eigenvalue weighted by atomic mass is 9.94. The van der Waals surface area contributed by atoms with Gasteiger partial charge < -0.3 is 19.3 Å². The maximum absolute atomic E-state index is 13.0. The molecule has 0 aromatic heterocycles. The van der Waals surface area contributed by atoms with Crippen molar-refractivity contribution in [2.75, 3.05) is 40.4 Å². The lowest BCUT2D eigenvalue weighted by Crippen LogP contribution is -2.53. The number of benzene rings is 1. The summed E-state index contributed by atoms with van der Waals surface area (Å²) in [6, 6.07) is 3.54. The number of ether oxygens (including phenoxy) is 2. The maximum atomic E-state index is 13.0. The van der Waals surface area contributed by atoms with Gasteiger partial charge >= 0.3 is 0 Å². The summed E-state index contributed by atoms with van der Waals surface area (Å²) in [6.07, 6.45) is 2.34. The molecule has 1 aliphatic heterocycles. The Labute approximate surface area is 161 Å². The first kappa shape index (κ1) is 20.8. The van der Waals surface area contributed by atoms with Crippen LogP contribution in [0.1, 0.15) is 36.7 Å². The minimum Gasteiger partial charge on any atom is -0.493 e. The number of methoxy groups -OCH3 is 2. The monoisotopic (exact) mass is 374 g/mol. The second-order valence-corrected chi connectivity index (χ2v) is 7.70. The summed E-state index contributed by atoms with van der Waals surface area (Å²) in [5, 5.41) is 0. The first-order valence-electron chi connectivity index (χ1n) is 9.17. The van der Waals surface area contributed by atoms with Crippen LogP contribution in [0.2, 0.25) is 0 Å². The van der Waals surface area contributed by atoms with E-state index < -0.39 is 5.41 Å². The molecular weight excluding hydrogens is 344 g/mol. The first-order valence-corrected chi connectivity index (χ1v) is 9.17. The number of piperazine rings is 1. The zero-order valence-corrected chi connectivity index (χ0v) is 17.0. The number of carbonyl (C=O) groups is 2. The number of carbonyl (C=O) groups excluding carboxylic acids is 2. The van der Waals surface area contributed by atoms with Gasteiger partial charge in [0.15, 0.2) is 11.5 Å². The highest BCUT2D eigenvalue weighted by Crippen LogP contribution is 2.33. The van der Waals surface area contributed by atoms with Crippen molar-refractivity contribution in [3.05, 3.63) is 35.9 Å². The summed E-state index contributed by atoms with van der Waals surface area (Å²) in [5.41, 5.74) is 1.01. The molecule has 1 heterocycles. The van der Waals surface area contributed by atoms with Gasteiger partial charge in [0.05, 0.1) is 14.2 Å². The average molecular weight is 374 g/mol. The Morgan fingerprint density at radius 2 is 1.67 bits per heavy atom. The molecule has 2 rings (SSSR count). The molecule has 0 spiro atoms. The van der Waals surface area contributed by atoms with Gasteiger partial charge in [0.2, 0.25) is 5.91 Å². The van der Waals surface area contributed by atoms with Crippen LogP contribution in [0.25, 0.3) is 0 Å². The highest BCUT2D eigenvalue weighted by molar-refractivity contribution is 5.95. The van der Waals surface area contributed by atoms with E-state index in [1.807, 2.05) is 31.7 Å². The highest BCUT2D eigenvalue weighted by Gasteiger charge is 2.31. The lowest BCUT2D eigenvalue weighted by molar-refractivity contribution is -0.140. The predicted molar refractivity (Wildman–Crippen MR) is 105 cm³/mol. The van der Waals surface area contributed by atoms with Gasteiger partial charge in [-0.25, -0.2) is 0 Å². The van der Waals surface area contributed by atoms with E-state index in [9.17, 15) is 9.59 Å². The van der Waals surface area contributed by atoms with Crippen LogP contribution in [0.15, 0.2) is 24.8 Å².